The van der Waals surface area contributed by atoms with Gasteiger partial charge in [0.2, 0.25) is 5.91 Å². The van der Waals surface area contributed by atoms with E-state index in [0.717, 1.165) is 18.2 Å². The molecule has 1 saturated carbocycles. The first kappa shape index (κ1) is 15.4. The number of nitrogens with zero attached hydrogens (tertiary/aromatic N) is 1. The van der Waals surface area contributed by atoms with Crippen LogP contribution in [-0.2, 0) is 9.59 Å². The molecule has 1 aromatic carbocycles. The molecule has 0 bridgehead atoms. The predicted molar refractivity (Wildman–Crippen MR) is 71.7 cm³/mol. The van der Waals surface area contributed by atoms with Gasteiger partial charge in [-0.25, -0.2) is 8.78 Å². The van der Waals surface area contributed by atoms with E-state index < -0.39 is 23.5 Å². The number of hydrogen-bond acceptors (Lipinski definition) is 2. The molecule has 1 aliphatic rings. The van der Waals surface area contributed by atoms with Crippen molar-refractivity contribution < 1.29 is 23.5 Å². The predicted octanol–water partition coefficient (Wildman–Crippen LogP) is 2.39. The minimum absolute atomic E-state index is 0.195. The summed E-state index contributed by atoms with van der Waals surface area (Å²) in [5.41, 5.74) is 0.195. The highest BCUT2D eigenvalue weighted by molar-refractivity contribution is 5.86. The molecular weight excluding hydrogens is 280 g/mol. The zero-order chi connectivity index (χ0) is 15.6. The number of benzene rings is 1. The minimum Gasteiger partial charge on any atom is -0.480 e. The molecule has 0 aliphatic heterocycles. The first-order valence-corrected chi connectivity index (χ1v) is 6.89. The standard InChI is InChI=1S/C15H17F2NO3/c1-2-5-18(8-14(19)20)15(21)12-7-10(12)11-6-9(16)3-4-13(11)17/h3-4,6,10,12H,2,5,7-8H2,1H3,(H,19,20). The fourth-order valence-corrected chi connectivity index (χ4v) is 2.55. The number of rotatable bonds is 6. The average molecular weight is 297 g/mol. The van der Waals surface area contributed by atoms with Crippen molar-refractivity contribution in [2.45, 2.75) is 25.7 Å². The van der Waals surface area contributed by atoms with Gasteiger partial charge in [-0.3, -0.25) is 9.59 Å². The Morgan fingerprint density at radius 2 is 2.10 bits per heavy atom. The van der Waals surface area contributed by atoms with Gasteiger partial charge in [0.1, 0.15) is 18.2 Å². The second-order valence-electron chi connectivity index (χ2n) is 5.27. The van der Waals surface area contributed by atoms with Crippen LogP contribution in [0.5, 0.6) is 0 Å². The number of amides is 1. The largest absolute Gasteiger partial charge is 0.480 e. The van der Waals surface area contributed by atoms with Gasteiger partial charge in [0.05, 0.1) is 0 Å². The number of hydrogen-bond donors (Lipinski definition) is 1. The first-order valence-electron chi connectivity index (χ1n) is 6.89. The summed E-state index contributed by atoms with van der Waals surface area (Å²) >= 11 is 0. The van der Waals surface area contributed by atoms with E-state index >= 15 is 0 Å². The van der Waals surface area contributed by atoms with Crippen molar-refractivity contribution in [2.75, 3.05) is 13.1 Å². The minimum atomic E-state index is -1.08. The second-order valence-corrected chi connectivity index (χ2v) is 5.27. The molecule has 1 fully saturated rings. The van der Waals surface area contributed by atoms with Gasteiger partial charge < -0.3 is 10.0 Å². The Morgan fingerprint density at radius 3 is 2.71 bits per heavy atom. The fraction of sp³-hybridized carbons (Fsp3) is 0.467. The Morgan fingerprint density at radius 1 is 1.38 bits per heavy atom. The Labute approximate surface area is 121 Å². The molecule has 1 aliphatic carbocycles. The Kier molecular flexibility index (Phi) is 4.55. The SMILES string of the molecule is CCCN(CC(=O)O)C(=O)C1CC1c1cc(F)ccc1F. The van der Waals surface area contributed by atoms with E-state index in [1.54, 1.807) is 0 Å². The summed E-state index contributed by atoms with van der Waals surface area (Å²) in [6, 6.07) is 3.19. The highest BCUT2D eigenvalue weighted by Gasteiger charge is 2.47. The van der Waals surface area contributed by atoms with Crippen molar-refractivity contribution in [1.29, 1.82) is 0 Å². The van der Waals surface area contributed by atoms with E-state index in [-0.39, 0.29) is 23.9 Å². The van der Waals surface area contributed by atoms with Gasteiger partial charge in [0.15, 0.2) is 0 Å². The summed E-state index contributed by atoms with van der Waals surface area (Å²) in [6.45, 7) is 1.83. The molecule has 2 rings (SSSR count). The van der Waals surface area contributed by atoms with Crippen molar-refractivity contribution in [3.63, 3.8) is 0 Å². The van der Waals surface area contributed by atoms with Crippen molar-refractivity contribution in [1.82, 2.24) is 4.90 Å². The summed E-state index contributed by atoms with van der Waals surface area (Å²) in [7, 11) is 0. The lowest BCUT2D eigenvalue weighted by Crippen LogP contribution is -2.37. The second kappa shape index (κ2) is 6.20. The van der Waals surface area contributed by atoms with Crippen LogP contribution < -0.4 is 0 Å². The highest BCUT2D eigenvalue weighted by Crippen LogP contribution is 2.49. The maximum atomic E-state index is 13.7. The van der Waals surface area contributed by atoms with Crippen LogP contribution in [-0.4, -0.2) is 35.0 Å². The molecule has 114 valence electrons. The number of carbonyl (C=O) groups excluding carboxylic acids is 1. The number of aliphatic carboxylic acids is 1. The van der Waals surface area contributed by atoms with E-state index in [2.05, 4.69) is 0 Å². The fourth-order valence-electron chi connectivity index (χ4n) is 2.55. The molecule has 0 radical (unpaired) electrons. The van der Waals surface area contributed by atoms with Gasteiger partial charge in [-0.1, -0.05) is 6.92 Å². The van der Waals surface area contributed by atoms with E-state index in [1.165, 1.54) is 4.90 Å². The molecule has 1 N–H and O–H groups in total. The summed E-state index contributed by atoms with van der Waals surface area (Å²) in [5, 5.41) is 8.82. The summed E-state index contributed by atoms with van der Waals surface area (Å²) in [6.07, 6.45) is 1.07. The van der Waals surface area contributed by atoms with E-state index in [1.807, 2.05) is 6.92 Å². The van der Waals surface area contributed by atoms with Crippen molar-refractivity contribution >= 4 is 11.9 Å². The van der Waals surface area contributed by atoms with Crippen LogP contribution in [0.3, 0.4) is 0 Å². The summed E-state index contributed by atoms with van der Waals surface area (Å²) in [5.74, 6) is -3.26. The lowest BCUT2D eigenvalue weighted by molar-refractivity contribution is -0.145. The van der Waals surface area contributed by atoms with Crippen LogP contribution in [0.2, 0.25) is 0 Å². The van der Waals surface area contributed by atoms with Crippen LogP contribution in [0.25, 0.3) is 0 Å². The number of halogens is 2. The average Bonchev–Trinajstić information content (AvgIpc) is 3.20. The van der Waals surface area contributed by atoms with E-state index in [4.69, 9.17) is 5.11 Å². The molecule has 6 heteroatoms. The Hall–Kier alpha value is -1.98. The van der Waals surface area contributed by atoms with E-state index in [0.29, 0.717) is 19.4 Å². The monoisotopic (exact) mass is 297 g/mol. The zero-order valence-corrected chi connectivity index (χ0v) is 11.7. The normalized spacial score (nSPS) is 20.1. The first-order chi connectivity index (χ1) is 9.93. The molecule has 4 nitrogen and oxygen atoms in total. The Bertz CT molecular complexity index is 562. The van der Waals surface area contributed by atoms with Crippen LogP contribution >= 0.6 is 0 Å². The van der Waals surface area contributed by atoms with Gasteiger partial charge in [-0.2, -0.15) is 0 Å². The van der Waals surface area contributed by atoms with Gasteiger partial charge in [0.25, 0.3) is 0 Å². The maximum absolute atomic E-state index is 13.7. The smallest absolute Gasteiger partial charge is 0.323 e. The molecule has 0 aromatic heterocycles. The summed E-state index contributed by atoms with van der Waals surface area (Å²) in [4.78, 5) is 24.3. The molecule has 21 heavy (non-hydrogen) atoms. The lowest BCUT2D eigenvalue weighted by Gasteiger charge is -2.20. The lowest BCUT2D eigenvalue weighted by atomic mass is 10.1. The third kappa shape index (κ3) is 3.56. The third-order valence-electron chi connectivity index (χ3n) is 3.60. The molecule has 2 unspecified atom stereocenters. The molecule has 0 heterocycles. The van der Waals surface area contributed by atoms with Gasteiger partial charge in [-0.15, -0.1) is 0 Å². The number of carboxylic acid groups (broad SMARTS) is 1. The summed E-state index contributed by atoms with van der Waals surface area (Å²) < 4.78 is 26.8. The van der Waals surface area contributed by atoms with Crippen molar-refractivity contribution in [3.8, 4) is 0 Å². The topological polar surface area (TPSA) is 57.6 Å². The van der Waals surface area contributed by atoms with E-state index in [9.17, 15) is 18.4 Å². The molecule has 2 atom stereocenters. The van der Waals surface area contributed by atoms with Crippen LogP contribution in [0.1, 0.15) is 31.2 Å². The highest BCUT2D eigenvalue weighted by atomic mass is 19.1. The van der Waals surface area contributed by atoms with Gasteiger partial charge >= 0.3 is 5.97 Å². The molecular formula is C15H17F2NO3. The molecule has 1 amide bonds. The molecule has 1 aromatic rings. The Balaban J connectivity index is 2.08. The van der Waals surface area contributed by atoms with Gasteiger partial charge in [0, 0.05) is 12.5 Å². The quantitative estimate of drug-likeness (QED) is 0.877. The molecule has 0 saturated heterocycles. The van der Waals surface area contributed by atoms with Crippen molar-refractivity contribution in [2.24, 2.45) is 5.92 Å². The van der Waals surface area contributed by atoms with Crippen LogP contribution in [0.4, 0.5) is 8.78 Å². The van der Waals surface area contributed by atoms with Crippen LogP contribution in [0.15, 0.2) is 18.2 Å². The number of carbonyl (C=O) groups is 2. The third-order valence-corrected chi connectivity index (χ3v) is 3.60. The maximum Gasteiger partial charge on any atom is 0.323 e. The molecule has 0 spiro atoms. The van der Waals surface area contributed by atoms with Crippen LogP contribution in [0, 0.1) is 17.6 Å². The van der Waals surface area contributed by atoms with Crippen molar-refractivity contribution in [3.05, 3.63) is 35.4 Å². The van der Waals surface area contributed by atoms with Gasteiger partial charge in [-0.05, 0) is 42.5 Å². The number of carboxylic acids is 1. The zero-order valence-electron chi connectivity index (χ0n) is 11.7.